The first-order valence-electron chi connectivity index (χ1n) is 9.86. The Bertz CT molecular complexity index is 926. The Morgan fingerprint density at radius 3 is 2.47 bits per heavy atom. The highest BCUT2D eigenvalue weighted by atomic mass is 16.6. The number of carbonyl (C=O) groups is 2. The number of carbonyl (C=O) groups excluding carboxylic acids is 2. The minimum atomic E-state index is -0.704. The molecule has 1 atom stereocenters. The average Bonchev–Trinajstić information content (AvgIpc) is 2.76. The number of rotatable bonds is 8. The van der Waals surface area contributed by atoms with Crippen LogP contribution in [0.1, 0.15) is 42.5 Å². The van der Waals surface area contributed by atoms with Crippen molar-refractivity contribution in [2.45, 2.75) is 38.6 Å². The first-order valence-corrected chi connectivity index (χ1v) is 9.86. The van der Waals surface area contributed by atoms with Gasteiger partial charge in [0.05, 0.1) is 11.0 Å². The molecular formula is C22H24N2O6. The standard InChI is InChI=1S/C22H24N2O6/c1-15(17-7-6-16-4-2-3-5-18(16)12-17)23-21(25)13-30-22(26)14-29-20-10-8-19(9-11-20)24(27)28/h6-12,15H,2-5,13-14H2,1H3,(H,23,25)/t15-/m0/s1. The molecule has 0 saturated carbocycles. The molecule has 0 aliphatic heterocycles. The molecule has 3 rings (SSSR count). The summed E-state index contributed by atoms with van der Waals surface area (Å²) >= 11 is 0. The molecule has 2 aromatic rings. The van der Waals surface area contributed by atoms with E-state index in [2.05, 4.69) is 17.4 Å². The zero-order valence-corrected chi connectivity index (χ0v) is 16.8. The number of hydrogen-bond acceptors (Lipinski definition) is 6. The molecule has 8 heteroatoms. The van der Waals surface area contributed by atoms with Crippen LogP contribution < -0.4 is 10.1 Å². The Morgan fingerprint density at radius 1 is 1.07 bits per heavy atom. The van der Waals surface area contributed by atoms with Gasteiger partial charge in [0.1, 0.15) is 5.75 Å². The maximum atomic E-state index is 12.1. The molecule has 1 aliphatic rings. The predicted molar refractivity (Wildman–Crippen MR) is 109 cm³/mol. The average molecular weight is 412 g/mol. The summed E-state index contributed by atoms with van der Waals surface area (Å²) in [5.74, 6) is -0.808. The second-order valence-corrected chi connectivity index (χ2v) is 7.22. The smallest absolute Gasteiger partial charge is 0.344 e. The molecule has 0 fully saturated rings. The van der Waals surface area contributed by atoms with Gasteiger partial charge in [-0.15, -0.1) is 0 Å². The third kappa shape index (κ3) is 5.79. The lowest BCUT2D eigenvalue weighted by atomic mass is 9.89. The highest BCUT2D eigenvalue weighted by molar-refractivity contribution is 5.81. The van der Waals surface area contributed by atoms with Gasteiger partial charge < -0.3 is 14.8 Å². The molecule has 0 saturated heterocycles. The number of nitro benzene ring substituents is 1. The zero-order valence-electron chi connectivity index (χ0n) is 16.8. The fourth-order valence-electron chi connectivity index (χ4n) is 3.38. The van der Waals surface area contributed by atoms with Crippen molar-refractivity contribution in [3.8, 4) is 5.75 Å². The summed E-state index contributed by atoms with van der Waals surface area (Å²) in [7, 11) is 0. The fourth-order valence-corrected chi connectivity index (χ4v) is 3.38. The van der Waals surface area contributed by atoms with E-state index >= 15 is 0 Å². The van der Waals surface area contributed by atoms with Gasteiger partial charge >= 0.3 is 5.97 Å². The summed E-state index contributed by atoms with van der Waals surface area (Å²) < 4.78 is 10.1. The topological polar surface area (TPSA) is 108 Å². The number of non-ortho nitro benzene ring substituents is 1. The third-order valence-corrected chi connectivity index (χ3v) is 5.02. The van der Waals surface area contributed by atoms with E-state index in [4.69, 9.17) is 9.47 Å². The van der Waals surface area contributed by atoms with E-state index in [1.807, 2.05) is 13.0 Å². The number of fused-ring (bicyclic) bond motifs is 1. The van der Waals surface area contributed by atoms with Crippen molar-refractivity contribution in [2.24, 2.45) is 0 Å². The molecule has 0 radical (unpaired) electrons. The van der Waals surface area contributed by atoms with Gasteiger partial charge in [-0.3, -0.25) is 14.9 Å². The highest BCUT2D eigenvalue weighted by Gasteiger charge is 2.15. The Labute approximate surface area is 174 Å². The fraction of sp³-hybridized carbons (Fsp3) is 0.364. The van der Waals surface area contributed by atoms with Gasteiger partial charge in [-0.05, 0) is 61.4 Å². The maximum Gasteiger partial charge on any atom is 0.344 e. The van der Waals surface area contributed by atoms with Crippen molar-refractivity contribution in [2.75, 3.05) is 13.2 Å². The molecule has 8 nitrogen and oxygen atoms in total. The number of amides is 1. The quantitative estimate of drug-likeness (QED) is 0.405. The lowest BCUT2D eigenvalue weighted by molar-refractivity contribution is -0.384. The summed E-state index contributed by atoms with van der Waals surface area (Å²) in [5.41, 5.74) is 3.67. The lowest BCUT2D eigenvalue weighted by Gasteiger charge is -2.20. The second kappa shape index (κ2) is 9.87. The molecule has 0 aromatic heterocycles. The first-order chi connectivity index (χ1) is 14.4. The van der Waals surface area contributed by atoms with Crippen molar-refractivity contribution < 1.29 is 24.0 Å². The van der Waals surface area contributed by atoms with E-state index in [0.29, 0.717) is 5.75 Å². The third-order valence-electron chi connectivity index (χ3n) is 5.02. The normalized spacial score (nSPS) is 13.6. The Morgan fingerprint density at radius 2 is 1.77 bits per heavy atom. The number of ether oxygens (including phenoxy) is 2. The summed E-state index contributed by atoms with van der Waals surface area (Å²) in [4.78, 5) is 34.0. The summed E-state index contributed by atoms with van der Waals surface area (Å²) in [6.45, 7) is 1.09. The molecule has 0 bridgehead atoms. The van der Waals surface area contributed by atoms with E-state index in [9.17, 15) is 19.7 Å². The van der Waals surface area contributed by atoms with Crippen LogP contribution in [0, 0.1) is 10.1 Å². The largest absolute Gasteiger partial charge is 0.482 e. The van der Waals surface area contributed by atoms with Crippen LogP contribution in [0.15, 0.2) is 42.5 Å². The number of nitro groups is 1. The zero-order chi connectivity index (χ0) is 21.5. The molecule has 0 heterocycles. The minimum absolute atomic E-state index is 0.0744. The van der Waals surface area contributed by atoms with Crippen molar-refractivity contribution >= 4 is 17.6 Å². The van der Waals surface area contributed by atoms with E-state index in [0.717, 1.165) is 18.4 Å². The summed E-state index contributed by atoms with van der Waals surface area (Å²) in [6, 6.07) is 11.4. The maximum absolute atomic E-state index is 12.1. The van der Waals surface area contributed by atoms with E-state index in [1.165, 1.54) is 48.2 Å². The SMILES string of the molecule is C[C@H](NC(=O)COC(=O)COc1ccc([N+](=O)[O-])cc1)c1ccc2c(c1)CCCC2. The van der Waals surface area contributed by atoms with Gasteiger partial charge in [0, 0.05) is 12.1 Å². The van der Waals surface area contributed by atoms with Gasteiger partial charge in [-0.2, -0.15) is 0 Å². The van der Waals surface area contributed by atoms with Crippen molar-refractivity contribution in [1.82, 2.24) is 5.32 Å². The number of benzene rings is 2. The van der Waals surface area contributed by atoms with E-state index in [-0.39, 0.29) is 11.7 Å². The van der Waals surface area contributed by atoms with Gasteiger partial charge in [0.2, 0.25) is 0 Å². The minimum Gasteiger partial charge on any atom is -0.482 e. The van der Waals surface area contributed by atoms with Gasteiger partial charge in [0.15, 0.2) is 13.2 Å². The number of esters is 1. The van der Waals surface area contributed by atoms with Gasteiger partial charge in [-0.1, -0.05) is 18.2 Å². The van der Waals surface area contributed by atoms with E-state index < -0.39 is 30.0 Å². The first kappa shape index (κ1) is 21.3. The van der Waals surface area contributed by atoms with Crippen LogP contribution in [0.3, 0.4) is 0 Å². The predicted octanol–water partition coefficient (Wildman–Crippen LogP) is 3.27. The van der Waals surface area contributed by atoms with Crippen molar-refractivity contribution in [3.63, 3.8) is 0 Å². The molecule has 1 N–H and O–H groups in total. The van der Waals surface area contributed by atoms with Crippen LogP contribution in [0.2, 0.25) is 0 Å². The number of nitrogens with one attached hydrogen (secondary N) is 1. The van der Waals surface area contributed by atoms with Crippen LogP contribution in [0.4, 0.5) is 5.69 Å². The highest BCUT2D eigenvalue weighted by Crippen LogP contribution is 2.24. The molecule has 158 valence electrons. The molecule has 1 amide bonds. The molecular weight excluding hydrogens is 388 g/mol. The Kier molecular flexibility index (Phi) is 7.00. The van der Waals surface area contributed by atoms with Crippen LogP contribution in [-0.2, 0) is 27.2 Å². The number of aryl methyl sites for hydroxylation is 2. The summed E-state index contributed by atoms with van der Waals surface area (Å²) in [5, 5.41) is 13.4. The van der Waals surface area contributed by atoms with Gasteiger partial charge in [0.25, 0.3) is 11.6 Å². The monoisotopic (exact) mass is 412 g/mol. The number of hydrogen-bond donors (Lipinski definition) is 1. The summed E-state index contributed by atoms with van der Waals surface area (Å²) in [6.07, 6.45) is 4.58. The van der Waals surface area contributed by atoms with Crippen LogP contribution in [0.5, 0.6) is 5.75 Å². The molecule has 0 spiro atoms. The molecule has 30 heavy (non-hydrogen) atoms. The Balaban J connectivity index is 1.41. The van der Waals surface area contributed by atoms with Crippen molar-refractivity contribution in [1.29, 1.82) is 0 Å². The Hall–Kier alpha value is -3.42. The second-order valence-electron chi connectivity index (χ2n) is 7.22. The molecule has 0 unspecified atom stereocenters. The van der Waals surface area contributed by atoms with Crippen LogP contribution in [-0.4, -0.2) is 30.0 Å². The van der Waals surface area contributed by atoms with Crippen molar-refractivity contribution in [3.05, 3.63) is 69.3 Å². The van der Waals surface area contributed by atoms with Gasteiger partial charge in [-0.25, -0.2) is 4.79 Å². The van der Waals surface area contributed by atoms with Crippen LogP contribution >= 0.6 is 0 Å². The van der Waals surface area contributed by atoms with Crippen LogP contribution in [0.25, 0.3) is 0 Å². The molecule has 2 aromatic carbocycles. The number of nitrogens with zero attached hydrogens (tertiary/aromatic N) is 1. The molecule has 1 aliphatic carbocycles. The van der Waals surface area contributed by atoms with E-state index in [1.54, 1.807) is 0 Å². The lowest BCUT2D eigenvalue weighted by Crippen LogP contribution is -2.32.